The first-order chi connectivity index (χ1) is 38.2. The summed E-state index contributed by atoms with van der Waals surface area (Å²) in [7, 11) is 1.72. The van der Waals surface area contributed by atoms with E-state index >= 15 is 0 Å². The molecule has 0 bridgehead atoms. The molecule has 438 valence electrons. The van der Waals surface area contributed by atoms with Crippen LogP contribution in [-0.2, 0) is 44.4 Å². The van der Waals surface area contributed by atoms with E-state index in [1.165, 1.54) is 13.0 Å². The molecule has 0 unspecified atom stereocenters. The highest BCUT2D eigenvalue weighted by atomic mass is 19.4. The predicted molar refractivity (Wildman–Crippen MR) is 294 cm³/mol. The van der Waals surface area contributed by atoms with Gasteiger partial charge in [0.05, 0.1) is 53.9 Å². The molecule has 20 nitrogen and oxygen atoms in total. The number of nitrogens with one attached hydrogen (secondary N) is 7. The van der Waals surface area contributed by atoms with Crippen LogP contribution < -0.4 is 37.2 Å². The molecular weight excluding hydrogens is 1040 g/mol. The van der Waals surface area contributed by atoms with Gasteiger partial charge in [-0.15, -0.1) is 0 Å². The molecule has 7 N–H and O–H groups in total. The number of halogens is 3. The van der Waals surface area contributed by atoms with Crippen molar-refractivity contribution in [3.05, 3.63) is 53.9 Å². The van der Waals surface area contributed by atoms with Gasteiger partial charge in [0.15, 0.2) is 0 Å². The molecule has 6 amide bonds. The van der Waals surface area contributed by atoms with Crippen molar-refractivity contribution in [1.82, 2.24) is 51.3 Å². The minimum atomic E-state index is -4.62. The summed E-state index contributed by atoms with van der Waals surface area (Å²) in [6, 6.07) is 5.38. The van der Waals surface area contributed by atoms with E-state index in [0.717, 1.165) is 49.8 Å². The summed E-state index contributed by atoms with van der Waals surface area (Å²) in [6.45, 7) is 9.78. The van der Waals surface area contributed by atoms with E-state index in [1.807, 2.05) is 6.07 Å². The number of carbonyl (C=O) groups is 6. The van der Waals surface area contributed by atoms with Crippen molar-refractivity contribution in [2.75, 3.05) is 57.1 Å². The lowest BCUT2D eigenvalue weighted by Gasteiger charge is -2.43. The number of alkyl halides is 3. The number of likely N-dealkylation sites (tertiary alicyclic amines) is 2. The average Bonchev–Trinajstić information content (AvgIpc) is 3.95. The van der Waals surface area contributed by atoms with Crippen LogP contribution in [0.1, 0.15) is 141 Å². The molecule has 23 heteroatoms. The predicted octanol–water partition coefficient (Wildman–Crippen LogP) is 5.53. The standard InChI is InChI=1S/C57H81F3N12O8/c1-34(73)65-46-31-39(70-56(2,3)4)15-21-47(46)72-27-22-45(54(72)78)67-51-42-30-37(57(58,59)60)12-20-44(42)68-55(69-51)64-25-24-62-52(76)35-10-13-38(14-11-35)66-48(74)9-7-28-79-40-16-18-41(19-17-40)80-29-26-63-53(77)43-32-49(75)71(5)50(43)36-8-6-23-61-33-36/h6,8,12,20,23,30,33,35,38-41,43,45-47,50,70H,7,9-11,13-19,21-22,24-29,31-32H2,1-5H3,(H,62,76)(H,63,77)(H,65,73)(H,66,74)(H2,64,67,68,69)/t35?,38?,39-,40?,41?,43+,45+,46-,47+,50-/m1/s1. The van der Waals surface area contributed by atoms with E-state index in [2.05, 4.69) is 72.9 Å². The van der Waals surface area contributed by atoms with Gasteiger partial charge in [-0.25, -0.2) is 4.98 Å². The quantitative estimate of drug-likeness (QED) is 0.0612. The number of fused-ring (bicyclic) bond motifs is 1. The third-order valence-electron chi connectivity index (χ3n) is 16.2. The van der Waals surface area contributed by atoms with Gasteiger partial charge in [-0.2, -0.15) is 18.2 Å². The molecule has 1 aromatic carbocycles. The highest BCUT2D eigenvalue weighted by molar-refractivity contribution is 5.94. The zero-order valence-corrected chi connectivity index (χ0v) is 46.8. The summed E-state index contributed by atoms with van der Waals surface area (Å²) >= 11 is 0. The Kier molecular flexibility index (Phi) is 20.3. The number of anilines is 2. The van der Waals surface area contributed by atoms with E-state index in [9.17, 15) is 41.9 Å². The second kappa shape index (κ2) is 27.0. The summed E-state index contributed by atoms with van der Waals surface area (Å²) in [6.07, 6.45) is 8.48. The van der Waals surface area contributed by atoms with Crippen LogP contribution in [0.25, 0.3) is 10.9 Å². The monoisotopic (exact) mass is 1120 g/mol. The second-order valence-corrected chi connectivity index (χ2v) is 23.3. The number of aromatic nitrogens is 3. The van der Waals surface area contributed by atoms with Crippen LogP contribution in [0, 0.1) is 11.8 Å². The van der Waals surface area contributed by atoms with Gasteiger partial charge in [0, 0.05) is 101 Å². The smallest absolute Gasteiger partial charge is 0.378 e. The minimum absolute atomic E-state index is 0.0191. The van der Waals surface area contributed by atoms with Crippen molar-refractivity contribution in [3.63, 3.8) is 0 Å². The molecule has 8 rings (SSSR count). The molecule has 5 aliphatic rings. The van der Waals surface area contributed by atoms with Crippen molar-refractivity contribution in [2.45, 2.75) is 184 Å². The Morgan fingerprint density at radius 1 is 0.800 bits per heavy atom. The third kappa shape index (κ3) is 16.3. The Balaban J connectivity index is 0.708. The van der Waals surface area contributed by atoms with Gasteiger partial charge in [0.1, 0.15) is 11.9 Å². The number of nitrogens with zero attached hydrogens (tertiary/aromatic N) is 5. The highest BCUT2D eigenvalue weighted by Gasteiger charge is 2.44. The maximum Gasteiger partial charge on any atom is 0.416 e. The van der Waals surface area contributed by atoms with E-state index in [1.54, 1.807) is 35.3 Å². The molecule has 5 fully saturated rings. The molecule has 4 heterocycles. The largest absolute Gasteiger partial charge is 0.416 e. The Hall–Kier alpha value is -6.20. The molecule has 2 saturated heterocycles. The van der Waals surface area contributed by atoms with Gasteiger partial charge in [-0.3, -0.25) is 33.8 Å². The first kappa shape index (κ1) is 59.9. The summed E-state index contributed by atoms with van der Waals surface area (Å²) in [5, 5.41) is 22.1. The summed E-state index contributed by atoms with van der Waals surface area (Å²) in [5.41, 5.74) is 0.0651. The third-order valence-corrected chi connectivity index (χ3v) is 16.2. The van der Waals surface area contributed by atoms with Crippen LogP contribution in [0.3, 0.4) is 0 Å². The molecule has 0 spiro atoms. The van der Waals surface area contributed by atoms with E-state index in [-0.39, 0.29) is 131 Å². The first-order valence-corrected chi connectivity index (χ1v) is 28.7. The lowest BCUT2D eigenvalue weighted by atomic mass is 9.84. The van der Waals surface area contributed by atoms with Gasteiger partial charge < -0.3 is 56.5 Å². The maximum atomic E-state index is 14.1. The number of hydrogen-bond acceptors (Lipinski definition) is 14. The molecule has 3 aliphatic carbocycles. The maximum absolute atomic E-state index is 14.1. The van der Waals surface area contributed by atoms with Crippen LogP contribution in [0.2, 0.25) is 0 Å². The van der Waals surface area contributed by atoms with Crippen molar-refractivity contribution >= 4 is 58.1 Å². The number of carbonyl (C=O) groups excluding carboxylic acids is 6. The highest BCUT2D eigenvalue weighted by Crippen LogP contribution is 2.38. The zero-order valence-electron chi connectivity index (χ0n) is 46.8. The Morgan fingerprint density at radius 3 is 2.20 bits per heavy atom. The molecule has 0 radical (unpaired) electrons. The van der Waals surface area contributed by atoms with Crippen LogP contribution in [0.5, 0.6) is 0 Å². The number of hydrogen-bond donors (Lipinski definition) is 7. The van der Waals surface area contributed by atoms with Gasteiger partial charge in [0.25, 0.3) is 0 Å². The SMILES string of the molecule is CC(=O)N[C@@H]1C[C@H](NC(C)(C)C)CC[C@@H]1N1CC[C@H](Nc2nc(NCCNC(=O)C3CCC(NC(=O)CCCOC4CCC(OCCNC(=O)[C@H]5CC(=O)N(C)[C@@H]5c5cccnc5)CC4)CC3)nc3ccc(C(F)(F)F)cc23)C1=O. The van der Waals surface area contributed by atoms with Crippen molar-refractivity contribution in [1.29, 1.82) is 0 Å². The lowest BCUT2D eigenvalue weighted by molar-refractivity contribution is -0.137. The number of pyridine rings is 1. The Labute approximate surface area is 466 Å². The normalized spacial score (nSPS) is 26.5. The Morgan fingerprint density at radius 2 is 1.51 bits per heavy atom. The second-order valence-electron chi connectivity index (χ2n) is 23.3. The van der Waals surface area contributed by atoms with Gasteiger partial charge in [-0.05, 0) is 134 Å². The number of benzene rings is 1. The zero-order chi connectivity index (χ0) is 57.1. The fraction of sp³-hybridized carbons (Fsp3) is 0.667. The van der Waals surface area contributed by atoms with E-state index in [0.29, 0.717) is 84.1 Å². The minimum Gasteiger partial charge on any atom is -0.378 e. The van der Waals surface area contributed by atoms with Gasteiger partial charge in [-0.1, -0.05) is 6.07 Å². The molecule has 2 aromatic heterocycles. The number of amides is 6. The lowest BCUT2D eigenvalue weighted by Crippen LogP contribution is -2.59. The van der Waals surface area contributed by atoms with E-state index < -0.39 is 23.7 Å². The van der Waals surface area contributed by atoms with Crippen molar-refractivity contribution < 1.29 is 51.4 Å². The summed E-state index contributed by atoms with van der Waals surface area (Å²) in [4.78, 5) is 94.6. The van der Waals surface area contributed by atoms with Gasteiger partial charge >= 0.3 is 6.18 Å². The summed E-state index contributed by atoms with van der Waals surface area (Å²) in [5.74, 6) is -1.31. The topological polar surface area (TPSA) is 250 Å². The van der Waals surface area contributed by atoms with E-state index in [4.69, 9.17) is 9.47 Å². The van der Waals surface area contributed by atoms with Crippen LogP contribution >= 0.6 is 0 Å². The summed E-state index contributed by atoms with van der Waals surface area (Å²) < 4.78 is 54.0. The number of ether oxygens (including phenoxy) is 2. The molecule has 3 aromatic rings. The molecule has 2 aliphatic heterocycles. The Bertz CT molecular complexity index is 2630. The first-order valence-electron chi connectivity index (χ1n) is 28.7. The van der Waals surface area contributed by atoms with Crippen LogP contribution in [0.4, 0.5) is 24.9 Å². The number of rotatable bonds is 22. The molecule has 6 atom stereocenters. The van der Waals surface area contributed by atoms with Crippen molar-refractivity contribution in [3.8, 4) is 0 Å². The van der Waals surface area contributed by atoms with Crippen LogP contribution in [-0.4, -0.2) is 155 Å². The average molecular weight is 1120 g/mol. The molecule has 80 heavy (non-hydrogen) atoms. The molecular formula is C57H81F3N12O8. The molecule has 3 saturated carbocycles. The fourth-order valence-corrected chi connectivity index (χ4v) is 12.3. The van der Waals surface area contributed by atoms with Crippen molar-refractivity contribution in [2.24, 2.45) is 11.8 Å². The fourth-order valence-electron chi connectivity index (χ4n) is 12.3. The van der Waals surface area contributed by atoms with Gasteiger partial charge in [0.2, 0.25) is 41.4 Å². The van der Waals surface area contributed by atoms with Crippen LogP contribution in [0.15, 0.2) is 42.7 Å².